The van der Waals surface area contributed by atoms with Gasteiger partial charge in [-0.3, -0.25) is 4.79 Å². The summed E-state index contributed by atoms with van der Waals surface area (Å²) in [7, 11) is 4.30. The van der Waals surface area contributed by atoms with Gasteiger partial charge >= 0.3 is 5.97 Å². The predicted molar refractivity (Wildman–Crippen MR) is 81.6 cm³/mol. The van der Waals surface area contributed by atoms with Gasteiger partial charge in [0.2, 0.25) is 0 Å². The van der Waals surface area contributed by atoms with Crippen molar-refractivity contribution in [3.8, 4) is 0 Å². The summed E-state index contributed by atoms with van der Waals surface area (Å²) in [6.07, 6.45) is 4.08. The smallest absolute Gasteiger partial charge is 0.325 e. The van der Waals surface area contributed by atoms with Crippen LogP contribution in [0.15, 0.2) is 0 Å². The molecule has 0 aromatic heterocycles. The zero-order valence-corrected chi connectivity index (χ0v) is 13.5. The third-order valence-electron chi connectivity index (χ3n) is 4.20. The van der Waals surface area contributed by atoms with E-state index in [1.54, 1.807) is 6.92 Å². The van der Waals surface area contributed by atoms with Crippen LogP contribution in [0.4, 0.5) is 0 Å². The van der Waals surface area contributed by atoms with Crippen molar-refractivity contribution in [2.75, 3.05) is 40.3 Å². The number of ether oxygens (including phenoxy) is 1. The fourth-order valence-corrected chi connectivity index (χ4v) is 2.73. The maximum atomic E-state index is 11.7. The third kappa shape index (κ3) is 5.38. The molecule has 5 nitrogen and oxygen atoms in total. The molecule has 0 saturated carbocycles. The molecule has 118 valence electrons. The number of hydrogen-bond acceptors (Lipinski definition) is 5. The van der Waals surface area contributed by atoms with Crippen LogP contribution < -0.4 is 5.73 Å². The van der Waals surface area contributed by atoms with Crippen molar-refractivity contribution in [2.45, 2.75) is 51.1 Å². The average molecular weight is 285 g/mol. The summed E-state index contributed by atoms with van der Waals surface area (Å²) in [6.45, 7) is 7.27. The first kappa shape index (κ1) is 17.4. The van der Waals surface area contributed by atoms with Gasteiger partial charge in [0.15, 0.2) is 0 Å². The Balaban J connectivity index is 2.23. The number of nitrogens with zero attached hydrogens (tertiary/aromatic N) is 2. The average Bonchev–Trinajstić information content (AvgIpc) is 2.39. The van der Waals surface area contributed by atoms with Crippen molar-refractivity contribution in [2.24, 2.45) is 5.73 Å². The molecule has 20 heavy (non-hydrogen) atoms. The first-order valence-corrected chi connectivity index (χ1v) is 7.71. The summed E-state index contributed by atoms with van der Waals surface area (Å²) in [5, 5.41) is 0. The first-order valence-electron chi connectivity index (χ1n) is 7.71. The highest BCUT2D eigenvalue weighted by molar-refractivity contribution is 5.79. The van der Waals surface area contributed by atoms with Crippen LogP contribution in [-0.4, -0.2) is 67.7 Å². The van der Waals surface area contributed by atoms with E-state index in [2.05, 4.69) is 23.9 Å². The third-order valence-corrected chi connectivity index (χ3v) is 4.20. The number of rotatable bonds is 7. The Bertz CT molecular complexity index is 297. The fraction of sp³-hybridized carbons (Fsp3) is 0.933. The summed E-state index contributed by atoms with van der Waals surface area (Å²) in [5.41, 5.74) is 5.17. The van der Waals surface area contributed by atoms with E-state index in [9.17, 15) is 4.79 Å². The van der Waals surface area contributed by atoms with Crippen molar-refractivity contribution >= 4 is 5.97 Å². The number of likely N-dealkylation sites (tertiary alicyclic amines) is 1. The van der Waals surface area contributed by atoms with Crippen molar-refractivity contribution in [3.05, 3.63) is 0 Å². The number of carbonyl (C=O) groups excluding carboxylic acids is 1. The summed E-state index contributed by atoms with van der Waals surface area (Å²) in [6, 6.07) is 0.713. The number of carbonyl (C=O) groups is 1. The van der Waals surface area contributed by atoms with Crippen molar-refractivity contribution in [1.82, 2.24) is 9.80 Å². The van der Waals surface area contributed by atoms with Gasteiger partial charge in [-0.25, -0.2) is 0 Å². The minimum atomic E-state index is -0.849. The molecule has 1 unspecified atom stereocenters. The molecule has 0 aromatic carbocycles. The molecule has 1 aliphatic rings. The quantitative estimate of drug-likeness (QED) is 0.709. The molecule has 0 aliphatic carbocycles. The molecule has 1 aliphatic heterocycles. The maximum Gasteiger partial charge on any atom is 0.325 e. The number of esters is 1. The van der Waals surface area contributed by atoms with Crippen molar-refractivity contribution in [3.63, 3.8) is 0 Å². The van der Waals surface area contributed by atoms with Gasteiger partial charge in [-0.05, 0) is 73.3 Å². The van der Waals surface area contributed by atoms with Crippen molar-refractivity contribution in [1.29, 1.82) is 0 Å². The first-order chi connectivity index (χ1) is 9.36. The lowest BCUT2D eigenvalue weighted by atomic mass is 9.96. The van der Waals surface area contributed by atoms with Crippen LogP contribution in [0.2, 0.25) is 0 Å². The lowest BCUT2D eigenvalue weighted by molar-refractivity contribution is -0.149. The second-order valence-corrected chi connectivity index (χ2v) is 6.28. The van der Waals surface area contributed by atoms with Gasteiger partial charge in [0.25, 0.3) is 0 Å². The van der Waals surface area contributed by atoms with Crippen LogP contribution >= 0.6 is 0 Å². The zero-order valence-electron chi connectivity index (χ0n) is 13.5. The molecule has 0 amide bonds. The van der Waals surface area contributed by atoms with Crippen molar-refractivity contribution < 1.29 is 9.53 Å². The molecule has 1 heterocycles. The highest BCUT2D eigenvalue weighted by atomic mass is 16.5. The van der Waals surface area contributed by atoms with E-state index in [1.165, 1.54) is 12.8 Å². The standard InChI is InChI=1S/C15H31N3O2/c1-5-20-14(19)15(2,16)9-6-10-18-11-7-13(8-12-18)17(3)4/h13H,5-12,16H2,1-4H3. The normalized spacial score (nSPS) is 20.9. The lowest BCUT2D eigenvalue weighted by Gasteiger charge is -2.35. The largest absolute Gasteiger partial charge is 0.465 e. The summed E-state index contributed by atoms with van der Waals surface area (Å²) >= 11 is 0. The van der Waals surface area contributed by atoms with Gasteiger partial charge in [0.1, 0.15) is 5.54 Å². The lowest BCUT2D eigenvalue weighted by Crippen LogP contribution is -2.47. The zero-order chi connectivity index (χ0) is 15.2. The van der Waals surface area contributed by atoms with E-state index in [1.807, 2.05) is 6.92 Å². The molecule has 1 atom stereocenters. The highest BCUT2D eigenvalue weighted by Crippen LogP contribution is 2.16. The molecule has 5 heteroatoms. The minimum absolute atomic E-state index is 0.286. The Kier molecular flexibility index (Phi) is 6.92. The number of piperidine rings is 1. The number of hydrogen-bond donors (Lipinski definition) is 1. The number of nitrogens with two attached hydrogens (primary N) is 1. The van der Waals surface area contributed by atoms with E-state index in [4.69, 9.17) is 10.5 Å². The molecule has 0 bridgehead atoms. The van der Waals surface area contributed by atoms with E-state index in [0.29, 0.717) is 19.1 Å². The Morgan fingerprint density at radius 3 is 2.50 bits per heavy atom. The van der Waals surface area contributed by atoms with Crippen LogP contribution in [0.3, 0.4) is 0 Å². The Hall–Kier alpha value is -0.650. The molecular weight excluding hydrogens is 254 g/mol. The molecule has 2 N–H and O–H groups in total. The van der Waals surface area contributed by atoms with E-state index in [-0.39, 0.29) is 5.97 Å². The van der Waals surface area contributed by atoms with Gasteiger partial charge < -0.3 is 20.3 Å². The molecule has 0 spiro atoms. The van der Waals surface area contributed by atoms with Gasteiger partial charge in [-0.2, -0.15) is 0 Å². The van der Waals surface area contributed by atoms with Gasteiger partial charge in [0.05, 0.1) is 6.61 Å². The van der Waals surface area contributed by atoms with E-state index >= 15 is 0 Å². The molecule has 1 saturated heterocycles. The highest BCUT2D eigenvalue weighted by Gasteiger charge is 2.29. The van der Waals surface area contributed by atoms with Crippen LogP contribution in [-0.2, 0) is 9.53 Å². The SMILES string of the molecule is CCOC(=O)C(C)(N)CCCN1CCC(N(C)C)CC1. The summed E-state index contributed by atoms with van der Waals surface area (Å²) in [5.74, 6) is -0.286. The minimum Gasteiger partial charge on any atom is -0.465 e. The van der Waals surface area contributed by atoms with Crippen LogP contribution in [0.1, 0.15) is 39.5 Å². The van der Waals surface area contributed by atoms with E-state index in [0.717, 1.165) is 26.1 Å². The van der Waals surface area contributed by atoms with Gasteiger partial charge in [0, 0.05) is 6.04 Å². The maximum absolute atomic E-state index is 11.7. The molecule has 0 radical (unpaired) electrons. The fourth-order valence-electron chi connectivity index (χ4n) is 2.73. The molecular formula is C15H31N3O2. The monoisotopic (exact) mass is 285 g/mol. The van der Waals surface area contributed by atoms with Crippen LogP contribution in [0, 0.1) is 0 Å². The topological polar surface area (TPSA) is 58.8 Å². The molecule has 1 rings (SSSR count). The van der Waals surface area contributed by atoms with E-state index < -0.39 is 5.54 Å². The molecule has 0 aromatic rings. The summed E-state index contributed by atoms with van der Waals surface area (Å²) < 4.78 is 5.01. The second kappa shape index (κ2) is 7.96. The van der Waals surface area contributed by atoms with Crippen LogP contribution in [0.25, 0.3) is 0 Å². The Labute approximate surface area is 123 Å². The Morgan fingerprint density at radius 2 is 2.00 bits per heavy atom. The van der Waals surface area contributed by atoms with Gasteiger partial charge in [-0.1, -0.05) is 0 Å². The Morgan fingerprint density at radius 1 is 1.40 bits per heavy atom. The summed E-state index contributed by atoms with van der Waals surface area (Å²) in [4.78, 5) is 16.5. The molecule has 1 fully saturated rings. The predicted octanol–water partition coefficient (Wildman–Crippen LogP) is 1.07. The van der Waals surface area contributed by atoms with Gasteiger partial charge in [-0.15, -0.1) is 0 Å². The second-order valence-electron chi connectivity index (χ2n) is 6.28. The van der Waals surface area contributed by atoms with Crippen LogP contribution in [0.5, 0.6) is 0 Å².